The van der Waals surface area contributed by atoms with E-state index in [9.17, 15) is 0 Å². The second-order valence-electron chi connectivity index (χ2n) is 8.17. The smallest absolute Gasteiger partial charge is 0.146 e. The van der Waals surface area contributed by atoms with Gasteiger partial charge in [-0.15, -0.1) is 0 Å². The van der Waals surface area contributed by atoms with Crippen LogP contribution in [-0.4, -0.2) is 68.1 Å². The third-order valence-corrected chi connectivity index (χ3v) is 6.14. The van der Waals surface area contributed by atoms with Crippen LogP contribution in [0.25, 0.3) is 0 Å². The van der Waals surface area contributed by atoms with Crippen LogP contribution < -0.4 is 16.1 Å². The molecule has 0 bridgehead atoms. The molecule has 3 aliphatic heterocycles. The third-order valence-electron chi connectivity index (χ3n) is 6.14. The fraction of sp³-hybridized carbons (Fsp3) is 1.00. The van der Waals surface area contributed by atoms with Gasteiger partial charge in [0.15, 0.2) is 0 Å². The van der Waals surface area contributed by atoms with Gasteiger partial charge in [0.25, 0.3) is 0 Å². The quantitative estimate of drug-likeness (QED) is 0.686. The molecule has 5 atom stereocenters. The highest BCUT2D eigenvalue weighted by Gasteiger charge is 2.41. The molecule has 0 spiro atoms. The normalized spacial score (nSPS) is 42.7. The first kappa shape index (κ1) is 16.2. The van der Waals surface area contributed by atoms with E-state index in [1.54, 1.807) is 0 Å². The zero-order valence-corrected chi connectivity index (χ0v) is 14.6. The van der Waals surface area contributed by atoms with Crippen molar-refractivity contribution in [2.24, 2.45) is 11.8 Å². The van der Waals surface area contributed by atoms with Gasteiger partial charge in [0, 0.05) is 19.0 Å². The van der Waals surface area contributed by atoms with Gasteiger partial charge in [-0.2, -0.15) is 5.48 Å². The second kappa shape index (κ2) is 6.94. The molecular formula is C17H33N5O. The molecule has 3 heterocycles. The van der Waals surface area contributed by atoms with E-state index in [1.807, 2.05) is 0 Å². The molecule has 4 unspecified atom stereocenters. The Hall–Kier alpha value is -0.240. The van der Waals surface area contributed by atoms with E-state index in [0.29, 0.717) is 24.3 Å². The van der Waals surface area contributed by atoms with Crippen molar-refractivity contribution in [2.45, 2.75) is 63.1 Å². The lowest BCUT2D eigenvalue weighted by atomic mass is 9.94. The summed E-state index contributed by atoms with van der Waals surface area (Å²) >= 11 is 0. The maximum atomic E-state index is 5.97. The van der Waals surface area contributed by atoms with Crippen molar-refractivity contribution in [3.8, 4) is 0 Å². The Morgan fingerprint density at radius 1 is 1.13 bits per heavy atom. The SMILES string of the molecule is CN(C)C1CCC(C2NOC([C@H]3CCCN3CC3CC3)N2)CN1. The van der Waals surface area contributed by atoms with Crippen LogP contribution in [0, 0.1) is 11.8 Å². The molecule has 4 fully saturated rings. The lowest BCUT2D eigenvalue weighted by Crippen LogP contribution is -2.54. The molecule has 1 saturated carbocycles. The van der Waals surface area contributed by atoms with E-state index in [1.165, 1.54) is 51.6 Å². The number of rotatable bonds is 5. The summed E-state index contributed by atoms with van der Waals surface area (Å²) in [6.45, 7) is 3.59. The van der Waals surface area contributed by atoms with Crippen LogP contribution in [0.2, 0.25) is 0 Å². The number of hydroxylamine groups is 1. The molecule has 3 N–H and O–H groups in total. The summed E-state index contributed by atoms with van der Waals surface area (Å²) in [6, 6.07) is 0.555. The van der Waals surface area contributed by atoms with Crippen molar-refractivity contribution in [3.63, 3.8) is 0 Å². The molecule has 23 heavy (non-hydrogen) atoms. The molecule has 6 nitrogen and oxygen atoms in total. The number of likely N-dealkylation sites (tertiary alicyclic amines) is 1. The Bertz CT molecular complexity index is 394. The van der Waals surface area contributed by atoms with Gasteiger partial charge in [-0.1, -0.05) is 0 Å². The largest absolute Gasteiger partial charge is 0.301 e. The Balaban J connectivity index is 1.27. The number of nitrogens with zero attached hydrogens (tertiary/aromatic N) is 2. The van der Waals surface area contributed by atoms with E-state index in [0.717, 1.165) is 12.5 Å². The van der Waals surface area contributed by atoms with E-state index < -0.39 is 0 Å². The predicted octanol–water partition coefficient (Wildman–Crippen LogP) is 0.525. The molecule has 6 heteroatoms. The third kappa shape index (κ3) is 3.72. The van der Waals surface area contributed by atoms with Crippen molar-refractivity contribution < 1.29 is 4.84 Å². The van der Waals surface area contributed by atoms with Crippen molar-refractivity contribution in [1.29, 1.82) is 0 Å². The summed E-state index contributed by atoms with van der Waals surface area (Å²) in [7, 11) is 4.30. The lowest BCUT2D eigenvalue weighted by Gasteiger charge is -2.36. The first-order valence-electron chi connectivity index (χ1n) is 9.52. The Kier molecular flexibility index (Phi) is 4.90. The molecule has 0 aromatic rings. The van der Waals surface area contributed by atoms with Crippen LogP contribution in [0.5, 0.6) is 0 Å². The molecule has 0 amide bonds. The van der Waals surface area contributed by atoms with Gasteiger partial charge < -0.3 is 5.32 Å². The lowest BCUT2D eigenvalue weighted by molar-refractivity contribution is -0.0246. The van der Waals surface area contributed by atoms with Gasteiger partial charge in [-0.3, -0.25) is 20.0 Å². The summed E-state index contributed by atoms with van der Waals surface area (Å²) in [5.41, 5.74) is 3.30. The van der Waals surface area contributed by atoms with Crippen LogP contribution in [0.4, 0.5) is 0 Å². The molecule has 3 saturated heterocycles. The van der Waals surface area contributed by atoms with Gasteiger partial charge in [-0.05, 0) is 65.1 Å². The van der Waals surface area contributed by atoms with Gasteiger partial charge in [0.05, 0.1) is 18.4 Å². The summed E-state index contributed by atoms with van der Waals surface area (Å²) < 4.78 is 0. The zero-order valence-electron chi connectivity index (χ0n) is 14.6. The van der Waals surface area contributed by atoms with Crippen molar-refractivity contribution in [2.75, 3.05) is 33.7 Å². The molecule has 4 rings (SSSR count). The number of hydrogen-bond acceptors (Lipinski definition) is 6. The molecule has 1 aliphatic carbocycles. The highest BCUT2D eigenvalue weighted by molar-refractivity contribution is 4.93. The van der Waals surface area contributed by atoms with Crippen molar-refractivity contribution >= 4 is 0 Å². The minimum absolute atomic E-state index is 0.160. The Morgan fingerprint density at radius 2 is 2.00 bits per heavy atom. The van der Waals surface area contributed by atoms with E-state index in [4.69, 9.17) is 4.84 Å². The van der Waals surface area contributed by atoms with E-state index in [-0.39, 0.29) is 6.23 Å². The van der Waals surface area contributed by atoms with E-state index in [2.05, 4.69) is 40.0 Å². The van der Waals surface area contributed by atoms with Gasteiger partial charge in [-0.25, -0.2) is 0 Å². The molecule has 0 aromatic carbocycles. The maximum Gasteiger partial charge on any atom is 0.146 e. The van der Waals surface area contributed by atoms with Crippen LogP contribution in [0.1, 0.15) is 38.5 Å². The Labute approximate surface area is 140 Å². The summed E-state index contributed by atoms with van der Waals surface area (Å²) in [4.78, 5) is 10.9. The average Bonchev–Trinajstić information content (AvgIpc) is 3.05. The number of nitrogens with one attached hydrogen (secondary N) is 3. The van der Waals surface area contributed by atoms with Crippen molar-refractivity contribution in [1.82, 2.24) is 25.9 Å². The maximum absolute atomic E-state index is 5.97. The molecular weight excluding hydrogens is 290 g/mol. The van der Waals surface area contributed by atoms with Gasteiger partial charge in [0.2, 0.25) is 0 Å². The average molecular weight is 323 g/mol. The van der Waals surface area contributed by atoms with Crippen LogP contribution >= 0.6 is 0 Å². The summed E-state index contributed by atoms with van der Waals surface area (Å²) in [5.74, 6) is 1.57. The summed E-state index contributed by atoms with van der Waals surface area (Å²) in [5, 5.41) is 7.39. The molecule has 0 radical (unpaired) electrons. The van der Waals surface area contributed by atoms with Crippen LogP contribution in [0.15, 0.2) is 0 Å². The van der Waals surface area contributed by atoms with Crippen molar-refractivity contribution in [3.05, 3.63) is 0 Å². The van der Waals surface area contributed by atoms with Crippen LogP contribution in [0.3, 0.4) is 0 Å². The number of hydrogen-bond donors (Lipinski definition) is 3. The zero-order chi connectivity index (χ0) is 15.8. The standard InChI is InChI=1S/C17H33N5O/c1-21(2)15-8-7-13(10-18-15)16-19-17(23-20-16)14-4-3-9-22(14)11-12-5-6-12/h12-20H,3-11H2,1-2H3/t13?,14-,15?,16?,17?/m1/s1. The molecule has 4 aliphatic rings. The predicted molar refractivity (Wildman–Crippen MR) is 90.5 cm³/mol. The monoisotopic (exact) mass is 323 g/mol. The highest BCUT2D eigenvalue weighted by Crippen LogP contribution is 2.33. The Morgan fingerprint density at radius 3 is 2.70 bits per heavy atom. The van der Waals surface area contributed by atoms with Crippen LogP contribution in [-0.2, 0) is 4.84 Å². The fourth-order valence-corrected chi connectivity index (χ4v) is 4.46. The first-order chi connectivity index (χ1) is 11.2. The minimum Gasteiger partial charge on any atom is -0.301 e. The van der Waals surface area contributed by atoms with Gasteiger partial charge >= 0.3 is 0 Å². The first-order valence-corrected chi connectivity index (χ1v) is 9.52. The molecule has 0 aromatic heterocycles. The highest BCUT2D eigenvalue weighted by atomic mass is 16.7. The van der Waals surface area contributed by atoms with Gasteiger partial charge in [0.1, 0.15) is 6.23 Å². The summed E-state index contributed by atoms with van der Waals surface area (Å²) in [6.07, 6.45) is 8.88. The second-order valence-corrected chi connectivity index (χ2v) is 8.17. The number of piperidine rings is 1. The molecule has 132 valence electrons. The topological polar surface area (TPSA) is 51.8 Å². The van der Waals surface area contributed by atoms with E-state index >= 15 is 0 Å². The fourth-order valence-electron chi connectivity index (χ4n) is 4.46. The minimum atomic E-state index is 0.160.